The molecular weight excluding hydrogens is 390 g/mol. The number of benzene rings is 1. The molecule has 0 radical (unpaired) electrons. The fraction of sp³-hybridized carbons (Fsp3) is 0.300. The van der Waals surface area contributed by atoms with Crippen LogP contribution in [0, 0.1) is 13.8 Å². The molecule has 156 valence electrons. The number of aryl methyl sites for hydroxylation is 2. The van der Waals surface area contributed by atoms with Crippen molar-refractivity contribution in [2.24, 2.45) is 7.05 Å². The molecule has 4 aromatic rings. The van der Waals surface area contributed by atoms with E-state index in [4.69, 9.17) is 4.74 Å². The summed E-state index contributed by atoms with van der Waals surface area (Å²) in [4.78, 5) is 42.2. The van der Waals surface area contributed by atoms with Crippen molar-refractivity contribution in [1.82, 2.24) is 23.1 Å². The zero-order valence-corrected chi connectivity index (χ0v) is 17.3. The highest BCUT2D eigenvalue weighted by Crippen LogP contribution is 2.25. The van der Waals surface area contributed by atoms with Crippen molar-refractivity contribution < 1.29 is 14.3 Å². The van der Waals surface area contributed by atoms with E-state index < -0.39 is 23.8 Å². The Bertz CT molecular complexity index is 1420. The molecule has 3 aromatic heterocycles. The molecule has 0 atom stereocenters. The highest BCUT2D eigenvalue weighted by Gasteiger charge is 2.24. The summed E-state index contributed by atoms with van der Waals surface area (Å²) in [7, 11) is 4.32. The molecule has 0 aliphatic heterocycles. The monoisotopic (exact) mass is 411 g/mol. The minimum Gasteiger partial charge on any atom is -0.497 e. The third-order valence-corrected chi connectivity index (χ3v) is 5.36. The number of ether oxygens (including phenoxy) is 2. The Labute approximate surface area is 170 Å². The van der Waals surface area contributed by atoms with Gasteiger partial charge in [-0.15, -0.1) is 0 Å². The average Bonchev–Trinajstić information content (AvgIpc) is 3.25. The number of carbonyl (C=O) groups excluding carboxylic acids is 1. The standard InChI is InChI=1S/C20H21N5O5/c1-11-12(2)25-16-17(22(3)20(28)23(18(16)27)10-15(26)30-5)21-19(25)24(11)13-6-8-14(29-4)9-7-13/h6-9H,10H2,1-5H3. The Kier molecular flexibility index (Phi) is 4.49. The van der Waals surface area contributed by atoms with Crippen molar-refractivity contribution >= 4 is 22.9 Å². The highest BCUT2D eigenvalue weighted by atomic mass is 16.5. The van der Waals surface area contributed by atoms with Gasteiger partial charge in [0.05, 0.1) is 14.2 Å². The first-order valence-electron chi connectivity index (χ1n) is 9.21. The van der Waals surface area contributed by atoms with E-state index in [1.165, 1.54) is 18.7 Å². The van der Waals surface area contributed by atoms with Crippen molar-refractivity contribution in [1.29, 1.82) is 0 Å². The van der Waals surface area contributed by atoms with Crippen LogP contribution in [-0.2, 0) is 23.1 Å². The number of methoxy groups -OCH3 is 2. The largest absolute Gasteiger partial charge is 0.497 e. The molecule has 10 heteroatoms. The lowest BCUT2D eigenvalue weighted by molar-refractivity contribution is -0.141. The zero-order chi connectivity index (χ0) is 21.7. The Morgan fingerprint density at radius 1 is 1.07 bits per heavy atom. The van der Waals surface area contributed by atoms with Gasteiger partial charge < -0.3 is 9.47 Å². The van der Waals surface area contributed by atoms with Crippen LogP contribution in [0.2, 0.25) is 0 Å². The topological polar surface area (TPSA) is 102 Å². The van der Waals surface area contributed by atoms with Crippen LogP contribution >= 0.6 is 0 Å². The van der Waals surface area contributed by atoms with E-state index in [1.54, 1.807) is 11.5 Å². The summed E-state index contributed by atoms with van der Waals surface area (Å²) < 4.78 is 15.6. The van der Waals surface area contributed by atoms with E-state index in [0.29, 0.717) is 5.78 Å². The van der Waals surface area contributed by atoms with Gasteiger partial charge in [-0.1, -0.05) is 0 Å². The van der Waals surface area contributed by atoms with E-state index >= 15 is 0 Å². The summed E-state index contributed by atoms with van der Waals surface area (Å²) in [6.07, 6.45) is 0. The van der Waals surface area contributed by atoms with Gasteiger partial charge in [0.1, 0.15) is 12.3 Å². The van der Waals surface area contributed by atoms with Crippen molar-refractivity contribution in [2.75, 3.05) is 14.2 Å². The van der Waals surface area contributed by atoms with Gasteiger partial charge in [0.2, 0.25) is 5.78 Å². The maximum Gasteiger partial charge on any atom is 0.333 e. The molecule has 0 saturated carbocycles. The Hall–Kier alpha value is -3.82. The SMILES string of the molecule is COC(=O)Cn1c(=O)c2c(nc3n(-c4ccc(OC)cc4)c(C)c(C)n23)n(C)c1=O. The molecule has 1 aromatic carbocycles. The van der Waals surface area contributed by atoms with Gasteiger partial charge in [0.15, 0.2) is 11.2 Å². The quantitative estimate of drug-likeness (QED) is 0.463. The summed E-state index contributed by atoms with van der Waals surface area (Å²) in [5, 5.41) is 0. The number of nitrogens with zero attached hydrogens (tertiary/aromatic N) is 5. The van der Waals surface area contributed by atoms with Gasteiger partial charge in [-0.25, -0.2) is 9.36 Å². The second-order valence-corrected chi connectivity index (χ2v) is 6.93. The van der Waals surface area contributed by atoms with Crippen LogP contribution in [0.5, 0.6) is 5.75 Å². The van der Waals surface area contributed by atoms with Crippen molar-refractivity contribution in [3.8, 4) is 11.4 Å². The molecule has 0 aliphatic rings. The number of esters is 1. The van der Waals surface area contributed by atoms with Crippen LogP contribution in [0.4, 0.5) is 0 Å². The maximum atomic E-state index is 13.2. The van der Waals surface area contributed by atoms with Gasteiger partial charge in [-0.3, -0.25) is 23.1 Å². The smallest absolute Gasteiger partial charge is 0.333 e. The van der Waals surface area contributed by atoms with E-state index in [0.717, 1.165) is 27.4 Å². The Balaban J connectivity index is 2.09. The van der Waals surface area contributed by atoms with Crippen LogP contribution < -0.4 is 16.0 Å². The molecule has 0 spiro atoms. The Morgan fingerprint density at radius 3 is 2.33 bits per heavy atom. The van der Waals surface area contributed by atoms with Gasteiger partial charge in [-0.2, -0.15) is 4.98 Å². The van der Waals surface area contributed by atoms with Crippen molar-refractivity contribution in [3.63, 3.8) is 0 Å². The summed E-state index contributed by atoms with van der Waals surface area (Å²) in [5.74, 6) is 0.531. The summed E-state index contributed by atoms with van der Waals surface area (Å²) >= 11 is 0. The molecule has 0 aliphatic carbocycles. The number of imidazole rings is 2. The molecule has 0 amide bonds. The lowest BCUT2D eigenvalue weighted by Crippen LogP contribution is -2.41. The van der Waals surface area contributed by atoms with Gasteiger partial charge in [0, 0.05) is 24.1 Å². The first kappa shape index (κ1) is 19.5. The summed E-state index contributed by atoms with van der Waals surface area (Å²) in [6.45, 7) is 3.33. The fourth-order valence-electron chi connectivity index (χ4n) is 3.62. The van der Waals surface area contributed by atoms with Gasteiger partial charge in [-0.05, 0) is 38.1 Å². The molecule has 0 fully saturated rings. The van der Waals surface area contributed by atoms with E-state index in [9.17, 15) is 14.4 Å². The normalized spacial score (nSPS) is 11.4. The molecule has 0 unspecified atom stereocenters. The van der Waals surface area contributed by atoms with Crippen LogP contribution in [0.3, 0.4) is 0 Å². The molecule has 0 bridgehead atoms. The molecule has 10 nitrogen and oxygen atoms in total. The van der Waals surface area contributed by atoms with E-state index in [1.807, 2.05) is 42.7 Å². The minimum absolute atomic E-state index is 0.226. The predicted octanol–water partition coefficient (Wildman–Crippen LogP) is 0.937. The third kappa shape index (κ3) is 2.64. The minimum atomic E-state index is -0.682. The number of hydrogen-bond acceptors (Lipinski definition) is 6. The summed E-state index contributed by atoms with van der Waals surface area (Å²) in [5.41, 5.74) is 1.75. The van der Waals surface area contributed by atoms with E-state index in [-0.39, 0.29) is 11.2 Å². The van der Waals surface area contributed by atoms with Crippen LogP contribution in [0.1, 0.15) is 11.4 Å². The average molecular weight is 411 g/mol. The first-order valence-corrected chi connectivity index (χ1v) is 9.21. The number of hydrogen-bond donors (Lipinski definition) is 0. The molecular formula is C20H21N5O5. The molecule has 0 saturated heterocycles. The van der Waals surface area contributed by atoms with Crippen LogP contribution in [0.15, 0.2) is 33.9 Å². The number of rotatable bonds is 4. The van der Waals surface area contributed by atoms with Gasteiger partial charge >= 0.3 is 11.7 Å². The number of fused-ring (bicyclic) bond motifs is 3. The fourth-order valence-corrected chi connectivity index (χ4v) is 3.62. The predicted molar refractivity (Wildman–Crippen MR) is 110 cm³/mol. The molecule has 30 heavy (non-hydrogen) atoms. The van der Waals surface area contributed by atoms with Crippen molar-refractivity contribution in [3.05, 3.63) is 56.5 Å². The van der Waals surface area contributed by atoms with Crippen LogP contribution in [-0.4, -0.2) is 43.3 Å². The highest BCUT2D eigenvalue weighted by molar-refractivity contribution is 5.78. The maximum absolute atomic E-state index is 13.2. The second kappa shape index (κ2) is 6.90. The lowest BCUT2D eigenvalue weighted by atomic mass is 10.3. The number of carbonyl (C=O) groups is 1. The van der Waals surface area contributed by atoms with Gasteiger partial charge in [0.25, 0.3) is 5.56 Å². The second-order valence-electron chi connectivity index (χ2n) is 6.93. The zero-order valence-electron chi connectivity index (χ0n) is 17.3. The molecule has 4 rings (SSSR count). The summed E-state index contributed by atoms with van der Waals surface area (Å²) in [6, 6.07) is 7.45. The number of aromatic nitrogens is 5. The molecule has 3 heterocycles. The van der Waals surface area contributed by atoms with Crippen molar-refractivity contribution in [2.45, 2.75) is 20.4 Å². The van der Waals surface area contributed by atoms with Crippen LogP contribution in [0.25, 0.3) is 22.6 Å². The third-order valence-electron chi connectivity index (χ3n) is 5.36. The lowest BCUT2D eigenvalue weighted by Gasteiger charge is -2.08. The van der Waals surface area contributed by atoms with E-state index in [2.05, 4.69) is 9.72 Å². The Morgan fingerprint density at radius 2 is 1.73 bits per heavy atom. The first-order chi connectivity index (χ1) is 14.3. The molecule has 0 N–H and O–H groups in total.